The number of hydrogen-bond acceptors (Lipinski definition) is 1. The molecular weight excluding hydrogens is 297 g/mol. The lowest BCUT2D eigenvalue weighted by Gasteiger charge is -2.24. The Morgan fingerprint density at radius 2 is 1.17 bits per heavy atom. The smallest absolute Gasteiger partial charge is 0.0295 e. The van der Waals surface area contributed by atoms with Gasteiger partial charge in [-0.3, -0.25) is 0 Å². The molecule has 3 aromatic carbocycles. The molecule has 0 saturated heterocycles. The second-order valence-electron chi connectivity index (χ2n) is 5.58. The first-order chi connectivity index (χ1) is 11.3. The third-order valence-corrected chi connectivity index (χ3v) is 6.62. The van der Waals surface area contributed by atoms with Crippen LogP contribution in [-0.2, 0) is 0 Å². The van der Waals surface area contributed by atoms with Crippen LogP contribution in [0.25, 0.3) is 0 Å². The monoisotopic (exact) mass is 319 g/mol. The van der Waals surface area contributed by atoms with Crippen LogP contribution in [0.15, 0.2) is 84.9 Å². The second-order valence-corrected chi connectivity index (χ2v) is 7.76. The Labute approximate surface area is 140 Å². The van der Waals surface area contributed by atoms with Crippen molar-refractivity contribution in [1.29, 1.82) is 0 Å². The van der Waals surface area contributed by atoms with Gasteiger partial charge in [0, 0.05) is 6.04 Å². The average molecular weight is 319 g/mol. The first kappa shape index (κ1) is 15.9. The van der Waals surface area contributed by atoms with Crippen molar-refractivity contribution in [2.24, 2.45) is 0 Å². The molecule has 0 amide bonds. The van der Waals surface area contributed by atoms with E-state index in [0.29, 0.717) is 6.04 Å². The first-order valence-corrected chi connectivity index (χ1v) is 9.32. The largest absolute Gasteiger partial charge is 0.313 e. The van der Waals surface area contributed by atoms with Gasteiger partial charge in [0.1, 0.15) is 0 Å². The fourth-order valence-corrected chi connectivity index (χ4v) is 5.35. The Bertz CT molecular complexity index is 701. The van der Waals surface area contributed by atoms with Crippen LogP contribution in [0.5, 0.6) is 0 Å². The van der Waals surface area contributed by atoms with Crippen molar-refractivity contribution >= 4 is 23.8 Å². The normalized spacial score (nSPS) is 12.3. The van der Waals surface area contributed by atoms with E-state index in [1.54, 1.807) is 0 Å². The zero-order chi connectivity index (χ0) is 16.1. The van der Waals surface area contributed by atoms with Gasteiger partial charge < -0.3 is 5.32 Å². The van der Waals surface area contributed by atoms with Crippen LogP contribution in [0, 0.1) is 0 Å². The van der Waals surface area contributed by atoms with Crippen LogP contribution in [0.4, 0.5) is 0 Å². The summed E-state index contributed by atoms with van der Waals surface area (Å²) in [6.07, 6.45) is 0. The van der Waals surface area contributed by atoms with E-state index < -0.39 is 7.92 Å². The summed E-state index contributed by atoms with van der Waals surface area (Å²) in [5, 5.41) is 7.61. The van der Waals surface area contributed by atoms with Crippen molar-refractivity contribution in [2.75, 3.05) is 7.05 Å². The zero-order valence-corrected chi connectivity index (χ0v) is 14.5. The topological polar surface area (TPSA) is 12.0 Å². The molecular formula is C21H22NP. The molecule has 3 rings (SSSR count). The lowest BCUT2D eigenvalue weighted by molar-refractivity contribution is 0.656. The SMILES string of the molecule is CN[C@@H](C)c1ccccc1P(c1ccccc1)c1ccccc1. The van der Waals surface area contributed by atoms with Crippen molar-refractivity contribution < 1.29 is 0 Å². The van der Waals surface area contributed by atoms with Gasteiger partial charge in [-0.05, 0) is 43.4 Å². The van der Waals surface area contributed by atoms with E-state index in [0.717, 1.165) is 0 Å². The van der Waals surface area contributed by atoms with Crippen LogP contribution < -0.4 is 21.2 Å². The van der Waals surface area contributed by atoms with E-state index in [1.807, 2.05) is 7.05 Å². The van der Waals surface area contributed by atoms with Crippen LogP contribution in [-0.4, -0.2) is 7.05 Å². The zero-order valence-electron chi connectivity index (χ0n) is 13.6. The van der Waals surface area contributed by atoms with Crippen LogP contribution in [0.3, 0.4) is 0 Å². The Kier molecular flexibility index (Phi) is 5.23. The summed E-state index contributed by atoms with van der Waals surface area (Å²) in [7, 11) is 1.48. The fraction of sp³-hybridized carbons (Fsp3) is 0.143. The van der Waals surface area contributed by atoms with Crippen molar-refractivity contribution in [3.63, 3.8) is 0 Å². The van der Waals surface area contributed by atoms with E-state index in [2.05, 4.69) is 97.2 Å². The Hall–Kier alpha value is -1.95. The fourth-order valence-electron chi connectivity index (χ4n) is 2.79. The highest BCUT2D eigenvalue weighted by Gasteiger charge is 2.20. The summed E-state index contributed by atoms with van der Waals surface area (Å²) in [5.74, 6) is 0. The molecule has 0 spiro atoms. The maximum absolute atomic E-state index is 3.39. The third-order valence-electron chi connectivity index (χ3n) is 4.11. The molecule has 2 heteroatoms. The van der Waals surface area contributed by atoms with Gasteiger partial charge in [-0.15, -0.1) is 0 Å². The molecule has 0 fully saturated rings. The minimum atomic E-state index is -0.545. The molecule has 1 nitrogen and oxygen atoms in total. The molecule has 1 N–H and O–H groups in total. The van der Waals surface area contributed by atoms with Gasteiger partial charge in [-0.25, -0.2) is 0 Å². The summed E-state index contributed by atoms with van der Waals surface area (Å²) in [5.41, 5.74) is 1.38. The average Bonchev–Trinajstić information content (AvgIpc) is 2.63. The third kappa shape index (κ3) is 3.52. The molecule has 0 aliphatic rings. The Balaban J connectivity index is 2.18. The molecule has 23 heavy (non-hydrogen) atoms. The first-order valence-electron chi connectivity index (χ1n) is 7.97. The summed E-state index contributed by atoms with van der Waals surface area (Å²) in [6, 6.07) is 30.9. The van der Waals surface area contributed by atoms with Gasteiger partial charge in [0.25, 0.3) is 0 Å². The number of benzene rings is 3. The van der Waals surface area contributed by atoms with Crippen molar-refractivity contribution in [1.82, 2.24) is 5.32 Å². The second kappa shape index (κ2) is 7.55. The van der Waals surface area contributed by atoms with E-state index in [1.165, 1.54) is 21.5 Å². The van der Waals surface area contributed by atoms with Gasteiger partial charge in [-0.2, -0.15) is 0 Å². The molecule has 0 aromatic heterocycles. The number of rotatable bonds is 5. The molecule has 0 saturated carbocycles. The Morgan fingerprint density at radius 3 is 1.70 bits per heavy atom. The van der Waals surface area contributed by atoms with E-state index in [4.69, 9.17) is 0 Å². The summed E-state index contributed by atoms with van der Waals surface area (Å²) >= 11 is 0. The molecule has 0 aliphatic heterocycles. The van der Waals surface area contributed by atoms with E-state index in [9.17, 15) is 0 Å². The molecule has 0 radical (unpaired) electrons. The lowest BCUT2D eigenvalue weighted by atomic mass is 10.1. The highest BCUT2D eigenvalue weighted by atomic mass is 31.1. The summed E-state index contributed by atoms with van der Waals surface area (Å²) in [6.45, 7) is 2.22. The highest BCUT2D eigenvalue weighted by molar-refractivity contribution is 7.79. The van der Waals surface area contributed by atoms with Gasteiger partial charge >= 0.3 is 0 Å². The van der Waals surface area contributed by atoms with Crippen LogP contribution in [0.2, 0.25) is 0 Å². The van der Waals surface area contributed by atoms with Crippen molar-refractivity contribution in [3.05, 3.63) is 90.5 Å². The van der Waals surface area contributed by atoms with Gasteiger partial charge in [-0.1, -0.05) is 84.9 Å². The Morgan fingerprint density at radius 1 is 0.696 bits per heavy atom. The molecule has 3 aromatic rings. The summed E-state index contributed by atoms with van der Waals surface area (Å²) < 4.78 is 0. The minimum absolute atomic E-state index is 0.337. The van der Waals surface area contributed by atoms with Gasteiger partial charge in [0.2, 0.25) is 0 Å². The molecule has 0 bridgehead atoms. The molecule has 0 aliphatic carbocycles. The van der Waals surface area contributed by atoms with Gasteiger partial charge in [0.05, 0.1) is 0 Å². The van der Waals surface area contributed by atoms with Crippen molar-refractivity contribution in [3.8, 4) is 0 Å². The minimum Gasteiger partial charge on any atom is -0.313 e. The lowest BCUT2D eigenvalue weighted by Crippen LogP contribution is -2.26. The standard InChI is InChI=1S/C21H22NP/c1-17(22-2)20-15-9-10-16-21(20)23(18-11-5-3-6-12-18)19-13-7-4-8-14-19/h3-17,22H,1-2H3/t17-/m0/s1. The van der Waals surface area contributed by atoms with Crippen LogP contribution >= 0.6 is 7.92 Å². The highest BCUT2D eigenvalue weighted by Crippen LogP contribution is 2.35. The van der Waals surface area contributed by atoms with E-state index >= 15 is 0 Å². The number of hydrogen-bond donors (Lipinski definition) is 1. The summed E-state index contributed by atoms with van der Waals surface area (Å²) in [4.78, 5) is 0. The maximum atomic E-state index is 3.39. The van der Waals surface area contributed by atoms with E-state index in [-0.39, 0.29) is 0 Å². The van der Waals surface area contributed by atoms with Gasteiger partial charge in [0.15, 0.2) is 0 Å². The molecule has 0 heterocycles. The predicted molar refractivity (Wildman–Crippen MR) is 103 cm³/mol. The van der Waals surface area contributed by atoms with Crippen molar-refractivity contribution in [2.45, 2.75) is 13.0 Å². The quantitative estimate of drug-likeness (QED) is 0.707. The molecule has 1 atom stereocenters. The maximum Gasteiger partial charge on any atom is 0.0295 e. The molecule has 116 valence electrons. The molecule has 0 unspecified atom stereocenters. The predicted octanol–water partition coefficient (Wildman–Crippen LogP) is 3.73. The van der Waals surface area contributed by atoms with Crippen LogP contribution in [0.1, 0.15) is 18.5 Å². The number of nitrogens with one attached hydrogen (secondary N) is 1.